The summed E-state index contributed by atoms with van der Waals surface area (Å²) in [6, 6.07) is 5.58. The van der Waals surface area contributed by atoms with Crippen molar-refractivity contribution < 1.29 is 13.9 Å². The number of carbonyl (C=O) groups excluding carboxylic acids is 1. The van der Waals surface area contributed by atoms with Gasteiger partial charge in [-0.3, -0.25) is 4.79 Å². The molecule has 0 atom stereocenters. The summed E-state index contributed by atoms with van der Waals surface area (Å²) < 4.78 is 20.2. The summed E-state index contributed by atoms with van der Waals surface area (Å²) in [6.07, 6.45) is 3.57. The number of ether oxygens (including phenoxy) is 1. The molecule has 0 saturated carbocycles. The third-order valence-corrected chi connectivity index (χ3v) is 3.44. The number of nitrogens with one attached hydrogen (secondary N) is 1. The molecule has 124 valence electrons. The van der Waals surface area contributed by atoms with E-state index in [2.05, 4.69) is 21.8 Å². The van der Waals surface area contributed by atoms with E-state index in [4.69, 9.17) is 4.74 Å². The number of benzene rings is 1. The predicted octanol–water partition coefficient (Wildman–Crippen LogP) is 2.48. The van der Waals surface area contributed by atoms with Crippen LogP contribution in [0.1, 0.15) is 24.9 Å². The Morgan fingerprint density at radius 1 is 1.35 bits per heavy atom. The molecule has 0 aliphatic carbocycles. The number of aromatic nitrogens is 2. The van der Waals surface area contributed by atoms with Crippen LogP contribution in [0, 0.1) is 12.7 Å². The molecular weight excluding hydrogens is 297 g/mol. The molecule has 0 unspecified atom stereocenters. The first kappa shape index (κ1) is 17.0. The Morgan fingerprint density at radius 2 is 2.09 bits per heavy atom. The topological polar surface area (TPSA) is 56.2 Å². The fourth-order valence-electron chi connectivity index (χ4n) is 2.28. The monoisotopic (exact) mass is 319 g/mol. The van der Waals surface area contributed by atoms with Gasteiger partial charge in [-0.25, -0.2) is 9.37 Å². The normalized spacial score (nSPS) is 10.6. The predicted molar refractivity (Wildman–Crippen MR) is 85.9 cm³/mol. The lowest BCUT2D eigenvalue weighted by Gasteiger charge is -2.10. The van der Waals surface area contributed by atoms with E-state index in [-0.39, 0.29) is 18.3 Å². The van der Waals surface area contributed by atoms with E-state index in [0.29, 0.717) is 18.7 Å². The number of hydrogen-bond acceptors (Lipinski definition) is 3. The summed E-state index contributed by atoms with van der Waals surface area (Å²) in [6.45, 7) is 5.50. The Morgan fingerprint density at radius 3 is 2.78 bits per heavy atom. The molecule has 0 aliphatic rings. The quantitative estimate of drug-likeness (QED) is 0.813. The molecule has 0 radical (unpaired) electrons. The largest absolute Gasteiger partial charge is 0.484 e. The van der Waals surface area contributed by atoms with E-state index in [1.54, 1.807) is 0 Å². The first-order chi connectivity index (χ1) is 11.1. The molecule has 6 heteroatoms. The second-order valence-corrected chi connectivity index (χ2v) is 5.31. The van der Waals surface area contributed by atoms with E-state index >= 15 is 0 Å². The van der Waals surface area contributed by atoms with Crippen molar-refractivity contribution in [1.29, 1.82) is 0 Å². The second-order valence-electron chi connectivity index (χ2n) is 5.31. The lowest BCUT2D eigenvalue weighted by molar-refractivity contribution is -0.123. The summed E-state index contributed by atoms with van der Waals surface area (Å²) in [5.74, 6) is 0.902. The van der Waals surface area contributed by atoms with Crippen molar-refractivity contribution in [2.45, 2.75) is 33.2 Å². The van der Waals surface area contributed by atoms with Crippen LogP contribution in [-0.4, -0.2) is 28.6 Å². The minimum absolute atomic E-state index is 0.0892. The molecule has 5 nitrogen and oxygen atoms in total. The number of amides is 1. The fourth-order valence-corrected chi connectivity index (χ4v) is 2.28. The van der Waals surface area contributed by atoms with Crippen LogP contribution in [0.3, 0.4) is 0 Å². The zero-order valence-corrected chi connectivity index (χ0v) is 13.5. The van der Waals surface area contributed by atoms with Gasteiger partial charge in [-0.1, -0.05) is 6.92 Å². The lowest BCUT2D eigenvalue weighted by atomic mass is 10.3. The van der Waals surface area contributed by atoms with Crippen molar-refractivity contribution >= 4 is 5.91 Å². The van der Waals surface area contributed by atoms with Crippen LogP contribution < -0.4 is 10.1 Å². The third-order valence-electron chi connectivity index (χ3n) is 3.44. The highest BCUT2D eigenvalue weighted by Gasteiger charge is 2.07. The fraction of sp³-hybridized carbons (Fsp3) is 0.412. The molecule has 1 heterocycles. The number of hydrogen-bond donors (Lipinski definition) is 1. The van der Waals surface area contributed by atoms with E-state index in [1.165, 1.54) is 24.3 Å². The third kappa shape index (κ3) is 5.09. The highest BCUT2D eigenvalue weighted by Crippen LogP contribution is 2.10. The van der Waals surface area contributed by atoms with Crippen molar-refractivity contribution in [3.05, 3.63) is 47.8 Å². The maximum absolute atomic E-state index is 12.8. The minimum Gasteiger partial charge on any atom is -0.484 e. The second kappa shape index (κ2) is 8.31. The minimum atomic E-state index is -0.334. The van der Waals surface area contributed by atoms with Crippen LogP contribution in [-0.2, 0) is 17.8 Å². The number of carbonyl (C=O) groups is 1. The standard InChI is InChI=1S/C17H22FN3O2/c1-3-10-21-13(2)11-20-16(21)8-9-19-17(22)12-23-15-6-4-14(18)5-7-15/h4-7,11H,3,8-10,12H2,1-2H3,(H,19,22). The number of rotatable bonds is 8. The molecule has 2 aromatic rings. The first-order valence-corrected chi connectivity index (χ1v) is 7.76. The number of halogens is 1. The maximum Gasteiger partial charge on any atom is 0.257 e. The van der Waals surface area contributed by atoms with E-state index < -0.39 is 0 Å². The van der Waals surface area contributed by atoms with E-state index in [1.807, 2.05) is 13.1 Å². The first-order valence-electron chi connectivity index (χ1n) is 7.76. The molecule has 0 bridgehead atoms. The highest BCUT2D eigenvalue weighted by atomic mass is 19.1. The zero-order chi connectivity index (χ0) is 16.7. The van der Waals surface area contributed by atoms with Gasteiger partial charge in [0.05, 0.1) is 0 Å². The van der Waals surface area contributed by atoms with Gasteiger partial charge in [0.25, 0.3) is 5.91 Å². The van der Waals surface area contributed by atoms with Crippen LogP contribution >= 0.6 is 0 Å². The molecule has 0 fully saturated rings. The summed E-state index contributed by atoms with van der Waals surface area (Å²) in [5, 5.41) is 2.80. The molecule has 1 aromatic carbocycles. The lowest BCUT2D eigenvalue weighted by Crippen LogP contribution is -2.31. The zero-order valence-electron chi connectivity index (χ0n) is 13.5. The SMILES string of the molecule is CCCn1c(C)cnc1CCNC(=O)COc1ccc(F)cc1. The molecule has 1 amide bonds. The van der Waals surface area contributed by atoms with Crippen molar-refractivity contribution in [3.63, 3.8) is 0 Å². The molecule has 1 aromatic heterocycles. The molecule has 0 saturated heterocycles. The summed E-state index contributed by atoms with van der Waals surface area (Å²) >= 11 is 0. The molecular formula is C17H22FN3O2. The van der Waals surface area contributed by atoms with Gasteiger partial charge in [-0.05, 0) is 37.6 Å². The van der Waals surface area contributed by atoms with Gasteiger partial charge >= 0.3 is 0 Å². The number of imidazole rings is 1. The van der Waals surface area contributed by atoms with Gasteiger partial charge in [0.2, 0.25) is 0 Å². The van der Waals surface area contributed by atoms with Crippen LogP contribution in [0.5, 0.6) is 5.75 Å². The average Bonchev–Trinajstić information content (AvgIpc) is 2.88. The summed E-state index contributed by atoms with van der Waals surface area (Å²) in [7, 11) is 0. The Bertz CT molecular complexity index is 638. The molecule has 23 heavy (non-hydrogen) atoms. The summed E-state index contributed by atoms with van der Waals surface area (Å²) in [5.41, 5.74) is 1.13. The van der Waals surface area contributed by atoms with Crippen LogP contribution in [0.4, 0.5) is 4.39 Å². The highest BCUT2D eigenvalue weighted by molar-refractivity contribution is 5.77. The van der Waals surface area contributed by atoms with Crippen LogP contribution in [0.25, 0.3) is 0 Å². The van der Waals surface area contributed by atoms with Crippen molar-refractivity contribution in [2.75, 3.05) is 13.2 Å². The smallest absolute Gasteiger partial charge is 0.257 e. The molecule has 2 rings (SSSR count). The van der Waals surface area contributed by atoms with Crippen molar-refractivity contribution in [3.8, 4) is 5.75 Å². The Hall–Kier alpha value is -2.37. The van der Waals surface area contributed by atoms with E-state index in [9.17, 15) is 9.18 Å². The van der Waals surface area contributed by atoms with Gasteiger partial charge in [0.15, 0.2) is 6.61 Å². The Kier molecular flexibility index (Phi) is 6.14. The number of aryl methyl sites for hydroxylation is 1. The van der Waals surface area contributed by atoms with E-state index in [0.717, 1.165) is 24.5 Å². The van der Waals surface area contributed by atoms with Crippen LogP contribution in [0.2, 0.25) is 0 Å². The van der Waals surface area contributed by atoms with Crippen LogP contribution in [0.15, 0.2) is 30.5 Å². The molecule has 0 aliphatic heterocycles. The maximum atomic E-state index is 12.8. The molecule has 0 spiro atoms. The van der Waals surface area contributed by atoms with Crippen molar-refractivity contribution in [1.82, 2.24) is 14.9 Å². The average molecular weight is 319 g/mol. The Labute approximate surface area is 135 Å². The van der Waals surface area contributed by atoms with Gasteiger partial charge in [0, 0.05) is 31.4 Å². The Balaban J connectivity index is 1.73. The molecule has 1 N–H and O–H groups in total. The summed E-state index contributed by atoms with van der Waals surface area (Å²) in [4.78, 5) is 16.1. The van der Waals surface area contributed by atoms with Gasteiger partial charge < -0.3 is 14.6 Å². The van der Waals surface area contributed by atoms with Gasteiger partial charge in [0.1, 0.15) is 17.4 Å². The van der Waals surface area contributed by atoms with Crippen molar-refractivity contribution in [2.24, 2.45) is 0 Å². The van der Waals surface area contributed by atoms with Gasteiger partial charge in [-0.15, -0.1) is 0 Å². The van der Waals surface area contributed by atoms with Gasteiger partial charge in [-0.2, -0.15) is 0 Å². The number of nitrogens with zero attached hydrogens (tertiary/aromatic N) is 2.